The van der Waals surface area contributed by atoms with Gasteiger partial charge in [0.2, 0.25) is 0 Å². The van der Waals surface area contributed by atoms with Crippen LogP contribution >= 0.6 is 11.6 Å². The molecule has 0 unspecified atom stereocenters. The number of nitrogens with zero attached hydrogens (tertiary/aromatic N) is 3. The predicted octanol–water partition coefficient (Wildman–Crippen LogP) is 5.19. The molecule has 1 aromatic carbocycles. The Morgan fingerprint density at radius 2 is 1.45 bits per heavy atom. The summed E-state index contributed by atoms with van der Waals surface area (Å²) in [6, 6.07) is 20.6. The number of anilines is 3. The molecule has 0 aliphatic heterocycles. The summed E-state index contributed by atoms with van der Waals surface area (Å²) < 4.78 is 0. The number of halogens is 1. The Morgan fingerprint density at radius 3 is 2.17 bits per heavy atom. The van der Waals surface area contributed by atoms with Gasteiger partial charge in [0.05, 0.1) is 5.56 Å². The Kier molecular flexibility index (Phi) is 5.45. The topological polar surface area (TPSA) is 79.8 Å². The number of para-hydroxylation sites is 1. The summed E-state index contributed by atoms with van der Waals surface area (Å²) in [6.45, 7) is 0. The van der Waals surface area contributed by atoms with E-state index in [4.69, 9.17) is 11.6 Å². The van der Waals surface area contributed by atoms with E-state index in [1.807, 2.05) is 48.5 Å². The second kappa shape index (κ2) is 8.50. The number of hydrogen-bond acceptors (Lipinski definition) is 5. The summed E-state index contributed by atoms with van der Waals surface area (Å²) in [5.74, 6) is 0.772. The van der Waals surface area contributed by atoms with Crippen LogP contribution in [0, 0.1) is 0 Å². The summed E-state index contributed by atoms with van der Waals surface area (Å²) >= 11 is 5.99. The number of rotatable bonds is 5. The Labute approximate surface area is 172 Å². The number of benzene rings is 1. The molecule has 0 fully saturated rings. The minimum Gasteiger partial charge on any atom is -0.340 e. The van der Waals surface area contributed by atoms with Crippen molar-refractivity contribution in [3.05, 3.63) is 96.0 Å². The normalized spacial score (nSPS) is 10.4. The lowest BCUT2D eigenvalue weighted by Crippen LogP contribution is -2.13. The monoisotopic (exact) mass is 401 g/mol. The predicted molar refractivity (Wildman–Crippen MR) is 114 cm³/mol. The van der Waals surface area contributed by atoms with Gasteiger partial charge in [0, 0.05) is 24.3 Å². The van der Waals surface area contributed by atoms with Gasteiger partial charge < -0.3 is 10.6 Å². The summed E-state index contributed by atoms with van der Waals surface area (Å²) in [4.78, 5) is 25.0. The van der Waals surface area contributed by atoms with Crippen LogP contribution in [0.15, 0.2) is 85.3 Å². The maximum atomic E-state index is 12.4. The molecule has 0 spiro atoms. The average Bonchev–Trinajstić information content (AvgIpc) is 2.75. The third kappa shape index (κ3) is 4.56. The molecule has 0 saturated carbocycles. The van der Waals surface area contributed by atoms with Crippen molar-refractivity contribution >= 4 is 34.8 Å². The fourth-order valence-electron chi connectivity index (χ4n) is 2.77. The van der Waals surface area contributed by atoms with E-state index in [2.05, 4.69) is 25.6 Å². The van der Waals surface area contributed by atoms with Crippen LogP contribution in [0.3, 0.4) is 0 Å². The molecule has 1 amide bonds. The molecule has 29 heavy (non-hydrogen) atoms. The van der Waals surface area contributed by atoms with Crippen molar-refractivity contribution in [3.63, 3.8) is 0 Å². The van der Waals surface area contributed by atoms with Gasteiger partial charge in [-0.2, -0.15) is 0 Å². The van der Waals surface area contributed by atoms with Crippen molar-refractivity contribution < 1.29 is 4.79 Å². The molecule has 0 atom stereocenters. The summed E-state index contributed by atoms with van der Waals surface area (Å²) in [7, 11) is 0. The molecule has 3 heterocycles. The lowest BCUT2D eigenvalue weighted by Gasteiger charge is -2.09. The molecule has 3 aromatic heterocycles. The Morgan fingerprint density at radius 1 is 0.759 bits per heavy atom. The van der Waals surface area contributed by atoms with Gasteiger partial charge in [-0.25, -0.2) is 15.0 Å². The average molecular weight is 402 g/mol. The number of aromatic nitrogens is 3. The van der Waals surface area contributed by atoms with Gasteiger partial charge in [-0.3, -0.25) is 4.79 Å². The molecule has 2 N–H and O–H groups in total. The molecular weight excluding hydrogens is 386 g/mol. The van der Waals surface area contributed by atoms with E-state index in [-0.39, 0.29) is 11.1 Å². The van der Waals surface area contributed by atoms with Crippen LogP contribution in [0.2, 0.25) is 5.15 Å². The fourth-order valence-corrected chi connectivity index (χ4v) is 2.97. The zero-order valence-corrected chi connectivity index (χ0v) is 16.0. The Balaban J connectivity index is 1.55. The van der Waals surface area contributed by atoms with Gasteiger partial charge >= 0.3 is 0 Å². The first-order valence-electron chi connectivity index (χ1n) is 8.85. The quantitative estimate of drug-likeness (QED) is 0.450. The van der Waals surface area contributed by atoms with Crippen molar-refractivity contribution in [1.29, 1.82) is 0 Å². The minimum atomic E-state index is -0.367. The molecule has 0 bridgehead atoms. The highest BCUT2D eigenvalue weighted by molar-refractivity contribution is 6.33. The highest BCUT2D eigenvalue weighted by Crippen LogP contribution is 2.25. The second-order valence-corrected chi connectivity index (χ2v) is 6.50. The van der Waals surface area contributed by atoms with Crippen LogP contribution in [0.1, 0.15) is 10.4 Å². The lowest BCUT2D eigenvalue weighted by molar-refractivity contribution is 0.102. The van der Waals surface area contributed by atoms with Gasteiger partial charge in [0.25, 0.3) is 5.91 Å². The summed E-state index contributed by atoms with van der Waals surface area (Å²) in [5, 5.41) is 6.17. The van der Waals surface area contributed by atoms with Gasteiger partial charge in [-0.05, 0) is 59.7 Å². The Hall–Kier alpha value is -3.77. The number of nitrogens with one attached hydrogen (secondary N) is 2. The number of pyridine rings is 3. The van der Waals surface area contributed by atoms with Crippen molar-refractivity contribution in [3.8, 4) is 11.1 Å². The maximum Gasteiger partial charge on any atom is 0.259 e. The van der Waals surface area contributed by atoms with Crippen molar-refractivity contribution in [2.45, 2.75) is 0 Å². The van der Waals surface area contributed by atoms with Crippen LogP contribution in [0.5, 0.6) is 0 Å². The zero-order valence-electron chi connectivity index (χ0n) is 15.2. The van der Waals surface area contributed by atoms with E-state index in [1.54, 1.807) is 30.6 Å². The smallest absolute Gasteiger partial charge is 0.259 e. The molecule has 0 saturated heterocycles. The highest BCUT2D eigenvalue weighted by atomic mass is 35.5. The largest absolute Gasteiger partial charge is 0.340 e. The first kappa shape index (κ1) is 18.6. The van der Waals surface area contributed by atoms with Crippen LogP contribution < -0.4 is 10.6 Å². The van der Waals surface area contributed by atoms with E-state index in [1.165, 1.54) is 6.20 Å². The summed E-state index contributed by atoms with van der Waals surface area (Å²) in [5.41, 5.74) is 3.08. The second-order valence-electron chi connectivity index (χ2n) is 6.15. The first-order chi connectivity index (χ1) is 14.2. The number of hydrogen-bond donors (Lipinski definition) is 2. The van der Waals surface area contributed by atoms with E-state index >= 15 is 0 Å². The van der Waals surface area contributed by atoms with Crippen molar-refractivity contribution in [2.24, 2.45) is 0 Å². The van der Waals surface area contributed by atoms with Crippen LogP contribution in [0.25, 0.3) is 11.1 Å². The van der Waals surface area contributed by atoms with Gasteiger partial charge in [-0.15, -0.1) is 0 Å². The molecule has 6 nitrogen and oxygen atoms in total. The molecule has 4 aromatic rings. The van der Waals surface area contributed by atoms with Gasteiger partial charge in [-0.1, -0.05) is 29.8 Å². The molecular formula is C22H16ClN5O. The molecule has 0 aliphatic carbocycles. The molecule has 0 radical (unpaired) electrons. The number of carbonyl (C=O) groups excluding carboxylic acids is 1. The molecule has 4 rings (SSSR count). The first-order valence-corrected chi connectivity index (χ1v) is 9.23. The van der Waals surface area contributed by atoms with Crippen molar-refractivity contribution in [1.82, 2.24) is 15.0 Å². The van der Waals surface area contributed by atoms with Gasteiger partial charge in [0.1, 0.15) is 16.8 Å². The third-order valence-corrected chi connectivity index (χ3v) is 4.45. The fraction of sp³-hybridized carbons (Fsp3) is 0. The lowest BCUT2D eigenvalue weighted by atomic mass is 10.1. The van der Waals surface area contributed by atoms with E-state index < -0.39 is 0 Å². The Bertz CT molecular complexity index is 1150. The minimum absolute atomic E-state index is 0.145. The summed E-state index contributed by atoms with van der Waals surface area (Å²) in [6.07, 6.45) is 4.90. The van der Waals surface area contributed by atoms with Crippen molar-refractivity contribution in [2.75, 3.05) is 10.6 Å². The molecule has 7 heteroatoms. The SMILES string of the molecule is O=C(Nc1cc(-c2ccnc(Nc3ccccc3)c2)ccn1)c1cccnc1Cl. The highest BCUT2D eigenvalue weighted by Gasteiger charge is 2.12. The van der Waals surface area contributed by atoms with E-state index in [9.17, 15) is 4.79 Å². The van der Waals surface area contributed by atoms with Crippen LogP contribution in [-0.2, 0) is 0 Å². The third-order valence-electron chi connectivity index (χ3n) is 4.14. The van der Waals surface area contributed by atoms with E-state index in [0.717, 1.165) is 22.6 Å². The number of amides is 1. The standard InChI is InChI=1S/C22H16ClN5O/c23-21-18(7-4-10-26-21)22(29)28-20-14-16(9-12-25-20)15-8-11-24-19(13-15)27-17-5-2-1-3-6-17/h1-14H,(H,24,27)(H,25,28,29). The van der Waals surface area contributed by atoms with Crippen LogP contribution in [0.4, 0.5) is 17.3 Å². The molecule has 0 aliphatic rings. The van der Waals surface area contributed by atoms with Crippen LogP contribution in [-0.4, -0.2) is 20.9 Å². The maximum absolute atomic E-state index is 12.4. The van der Waals surface area contributed by atoms with E-state index in [0.29, 0.717) is 11.4 Å². The number of carbonyl (C=O) groups is 1. The molecule has 142 valence electrons. The van der Waals surface area contributed by atoms with Gasteiger partial charge in [0.15, 0.2) is 0 Å². The zero-order chi connectivity index (χ0) is 20.1.